The minimum atomic E-state index is -1.60. The summed E-state index contributed by atoms with van der Waals surface area (Å²) in [6, 6.07) is 2.33. The zero-order chi connectivity index (χ0) is 21.3. The van der Waals surface area contributed by atoms with Crippen LogP contribution in [0, 0.1) is 17.6 Å². The van der Waals surface area contributed by atoms with Crippen molar-refractivity contribution in [2.45, 2.75) is 51.4 Å². The van der Waals surface area contributed by atoms with Crippen LogP contribution in [0.1, 0.15) is 45.2 Å². The fraction of sp³-hybridized carbons (Fsp3) is 0.600. The summed E-state index contributed by atoms with van der Waals surface area (Å²) in [6.45, 7) is 5.23. The summed E-state index contributed by atoms with van der Waals surface area (Å²) in [6.07, 6.45) is -1.78. The molecule has 0 bridgehead atoms. The van der Waals surface area contributed by atoms with E-state index in [2.05, 4.69) is 0 Å². The maximum Gasteiger partial charge on any atom is 0.410 e. The molecular weight excluding hydrogens is 389 g/mol. The monoisotopic (exact) mass is 414 g/mol. The quantitative estimate of drug-likeness (QED) is 0.739. The lowest BCUT2D eigenvalue weighted by molar-refractivity contribution is -0.185. The van der Waals surface area contributed by atoms with Crippen molar-refractivity contribution in [3.63, 3.8) is 0 Å². The molecule has 0 spiro atoms. The Labute approximate surface area is 167 Å². The second-order valence-electron chi connectivity index (χ2n) is 8.34. The number of rotatable bonds is 2. The van der Waals surface area contributed by atoms with E-state index in [1.165, 1.54) is 4.90 Å². The van der Waals surface area contributed by atoms with Gasteiger partial charge in [0.05, 0.1) is 25.1 Å². The smallest absolute Gasteiger partial charge is 0.410 e. The Morgan fingerprint density at radius 1 is 1.14 bits per heavy atom. The molecule has 2 fully saturated rings. The Kier molecular flexibility index (Phi) is 6.07. The molecule has 3 atom stereocenters. The molecule has 0 saturated carbocycles. The molecule has 9 heteroatoms. The highest BCUT2D eigenvalue weighted by Crippen LogP contribution is 2.35. The number of nitrogens with zero attached hydrogens (tertiary/aromatic N) is 2. The number of halogens is 3. The van der Waals surface area contributed by atoms with Crippen molar-refractivity contribution >= 4 is 12.0 Å². The first-order valence-electron chi connectivity index (χ1n) is 9.59. The number of likely N-dealkylation sites (tertiary alicyclic amines) is 1. The normalized spacial score (nSPS) is 25.2. The molecule has 1 unspecified atom stereocenters. The standard InChI is InChI=1S/C20H25F3N2O4/c1-20(2,3)29-19(27)24-6-4-15(16(23)11-24)18(26)25-17(5-7-28-25)12-8-13(21)10-14(22)9-12/h8-10,15-17H,4-7,11H2,1-3H3/t15-,16-,17?/m1/s1. The number of benzene rings is 1. The summed E-state index contributed by atoms with van der Waals surface area (Å²) in [5, 5.41) is 1.02. The molecule has 6 nitrogen and oxygen atoms in total. The highest BCUT2D eigenvalue weighted by atomic mass is 19.1. The topological polar surface area (TPSA) is 59.1 Å². The molecule has 0 N–H and O–H groups in total. The number of carbonyl (C=O) groups excluding carboxylic acids is 2. The third-order valence-electron chi connectivity index (χ3n) is 4.90. The van der Waals surface area contributed by atoms with Crippen molar-refractivity contribution in [2.24, 2.45) is 5.92 Å². The molecule has 2 heterocycles. The van der Waals surface area contributed by atoms with Crippen molar-refractivity contribution < 1.29 is 32.3 Å². The van der Waals surface area contributed by atoms with Crippen LogP contribution in [-0.2, 0) is 14.4 Å². The van der Waals surface area contributed by atoms with E-state index >= 15 is 0 Å². The average Bonchev–Trinajstić information content (AvgIpc) is 3.08. The molecule has 2 aliphatic heterocycles. The molecule has 2 saturated heterocycles. The molecule has 0 radical (unpaired) electrons. The molecule has 160 valence electrons. The molecule has 1 aromatic carbocycles. The fourth-order valence-electron chi connectivity index (χ4n) is 3.60. The van der Waals surface area contributed by atoms with E-state index in [0.717, 1.165) is 23.3 Å². The van der Waals surface area contributed by atoms with E-state index in [0.29, 0.717) is 6.42 Å². The number of hydroxylamine groups is 2. The average molecular weight is 414 g/mol. The number of alkyl halides is 1. The van der Waals surface area contributed by atoms with Crippen LogP contribution in [0.2, 0.25) is 0 Å². The minimum Gasteiger partial charge on any atom is -0.444 e. The molecule has 2 amide bonds. The maximum atomic E-state index is 14.8. The van der Waals surface area contributed by atoms with E-state index in [9.17, 15) is 22.8 Å². The zero-order valence-electron chi connectivity index (χ0n) is 16.7. The van der Waals surface area contributed by atoms with Crippen LogP contribution in [0.5, 0.6) is 0 Å². The second-order valence-corrected chi connectivity index (χ2v) is 8.34. The van der Waals surface area contributed by atoms with Gasteiger partial charge in [0, 0.05) is 19.0 Å². The first kappa shape index (κ1) is 21.4. The van der Waals surface area contributed by atoms with Gasteiger partial charge < -0.3 is 9.64 Å². The zero-order valence-corrected chi connectivity index (χ0v) is 16.7. The van der Waals surface area contributed by atoms with Crippen LogP contribution >= 0.6 is 0 Å². The third-order valence-corrected chi connectivity index (χ3v) is 4.90. The van der Waals surface area contributed by atoms with E-state index in [4.69, 9.17) is 9.57 Å². The Morgan fingerprint density at radius 2 is 1.79 bits per heavy atom. The Morgan fingerprint density at radius 3 is 2.38 bits per heavy atom. The SMILES string of the molecule is CC(C)(C)OC(=O)N1CC[C@@H](C(=O)N2OCCC2c2cc(F)cc(F)c2)[C@H](F)C1. The number of hydrogen-bond donors (Lipinski definition) is 0. The van der Waals surface area contributed by atoms with Crippen LogP contribution in [0.3, 0.4) is 0 Å². The van der Waals surface area contributed by atoms with E-state index < -0.39 is 47.4 Å². The molecule has 0 aromatic heterocycles. The minimum absolute atomic E-state index is 0.101. The van der Waals surface area contributed by atoms with E-state index in [1.54, 1.807) is 20.8 Å². The lowest BCUT2D eigenvalue weighted by Crippen LogP contribution is -2.51. The number of hydrogen-bond acceptors (Lipinski definition) is 4. The first-order valence-corrected chi connectivity index (χ1v) is 9.59. The fourth-order valence-corrected chi connectivity index (χ4v) is 3.60. The highest BCUT2D eigenvalue weighted by Gasteiger charge is 2.43. The molecule has 3 rings (SSSR count). The molecule has 2 aliphatic rings. The van der Waals surface area contributed by atoms with Gasteiger partial charge in [-0.05, 0) is 44.9 Å². The molecule has 0 aliphatic carbocycles. The summed E-state index contributed by atoms with van der Waals surface area (Å²) < 4.78 is 47.2. The number of ether oxygens (including phenoxy) is 1. The molecular formula is C20H25F3N2O4. The lowest BCUT2D eigenvalue weighted by Gasteiger charge is -2.36. The van der Waals surface area contributed by atoms with Crippen LogP contribution in [0.25, 0.3) is 0 Å². The van der Waals surface area contributed by atoms with Crippen LogP contribution < -0.4 is 0 Å². The van der Waals surface area contributed by atoms with Gasteiger partial charge in [0.2, 0.25) is 0 Å². The summed E-state index contributed by atoms with van der Waals surface area (Å²) in [5.74, 6) is -3.11. The van der Waals surface area contributed by atoms with Gasteiger partial charge in [-0.2, -0.15) is 0 Å². The molecule has 29 heavy (non-hydrogen) atoms. The van der Waals surface area contributed by atoms with Crippen molar-refractivity contribution in [2.75, 3.05) is 19.7 Å². The highest BCUT2D eigenvalue weighted by molar-refractivity contribution is 5.80. The second kappa shape index (κ2) is 8.22. The Balaban J connectivity index is 1.68. The Hall–Kier alpha value is -2.29. The van der Waals surface area contributed by atoms with Gasteiger partial charge in [-0.3, -0.25) is 9.63 Å². The first-order chi connectivity index (χ1) is 13.5. The summed E-state index contributed by atoms with van der Waals surface area (Å²) in [4.78, 5) is 31.7. The summed E-state index contributed by atoms with van der Waals surface area (Å²) in [5.41, 5.74) is -0.443. The largest absolute Gasteiger partial charge is 0.444 e. The Bertz CT molecular complexity index is 763. The number of piperidine rings is 1. The summed E-state index contributed by atoms with van der Waals surface area (Å²) >= 11 is 0. The van der Waals surface area contributed by atoms with Crippen LogP contribution in [-0.4, -0.2) is 53.4 Å². The lowest BCUT2D eigenvalue weighted by atomic mass is 9.93. The molecule has 1 aromatic rings. The van der Waals surface area contributed by atoms with Gasteiger partial charge in [0.1, 0.15) is 23.4 Å². The van der Waals surface area contributed by atoms with Gasteiger partial charge in [-0.1, -0.05) is 0 Å². The van der Waals surface area contributed by atoms with Gasteiger partial charge in [-0.15, -0.1) is 0 Å². The summed E-state index contributed by atoms with van der Waals surface area (Å²) in [7, 11) is 0. The van der Waals surface area contributed by atoms with Gasteiger partial charge in [-0.25, -0.2) is 23.0 Å². The van der Waals surface area contributed by atoms with Crippen molar-refractivity contribution in [3.05, 3.63) is 35.4 Å². The van der Waals surface area contributed by atoms with Crippen molar-refractivity contribution in [1.82, 2.24) is 9.96 Å². The van der Waals surface area contributed by atoms with Crippen molar-refractivity contribution in [1.29, 1.82) is 0 Å². The van der Waals surface area contributed by atoms with E-state index in [-0.39, 0.29) is 31.7 Å². The van der Waals surface area contributed by atoms with Gasteiger partial charge in [0.15, 0.2) is 0 Å². The predicted octanol–water partition coefficient (Wildman–Crippen LogP) is 3.76. The van der Waals surface area contributed by atoms with Gasteiger partial charge in [0.25, 0.3) is 5.91 Å². The van der Waals surface area contributed by atoms with Crippen LogP contribution in [0.4, 0.5) is 18.0 Å². The van der Waals surface area contributed by atoms with Crippen LogP contribution in [0.15, 0.2) is 18.2 Å². The van der Waals surface area contributed by atoms with E-state index in [1.807, 2.05) is 0 Å². The predicted molar refractivity (Wildman–Crippen MR) is 97.3 cm³/mol. The maximum absolute atomic E-state index is 14.8. The number of amides is 2. The van der Waals surface area contributed by atoms with Crippen molar-refractivity contribution in [3.8, 4) is 0 Å². The third kappa shape index (κ3) is 5.01. The number of carbonyl (C=O) groups is 2. The van der Waals surface area contributed by atoms with Gasteiger partial charge >= 0.3 is 6.09 Å².